The molecular formula is C16H16N2O4S2. The van der Waals surface area contributed by atoms with Crippen molar-refractivity contribution in [2.24, 2.45) is 0 Å². The molecule has 2 rings (SSSR count). The number of nitrogens with one attached hydrogen (secondary N) is 1. The zero-order valence-electron chi connectivity index (χ0n) is 13.1. The second-order valence-electron chi connectivity index (χ2n) is 5.31. The molecule has 1 aliphatic heterocycles. The highest BCUT2D eigenvalue weighted by Crippen LogP contribution is 2.32. The predicted molar refractivity (Wildman–Crippen MR) is 96.3 cm³/mol. The Morgan fingerprint density at radius 3 is 2.58 bits per heavy atom. The van der Waals surface area contributed by atoms with Crippen LogP contribution in [0.2, 0.25) is 0 Å². The van der Waals surface area contributed by atoms with E-state index in [0.717, 1.165) is 22.9 Å². The number of carboxylic acids is 1. The fourth-order valence-corrected chi connectivity index (χ4v) is 3.20. The van der Waals surface area contributed by atoms with E-state index in [0.29, 0.717) is 4.91 Å². The number of aliphatic carboxylic acids is 1. The number of amides is 2. The molecule has 2 amide bonds. The molecule has 0 radical (unpaired) electrons. The Morgan fingerprint density at radius 1 is 1.38 bits per heavy atom. The monoisotopic (exact) mass is 364 g/mol. The number of rotatable bonds is 5. The van der Waals surface area contributed by atoms with Crippen molar-refractivity contribution in [3.8, 4) is 0 Å². The number of thioether (sulfide) groups is 1. The zero-order valence-corrected chi connectivity index (χ0v) is 14.7. The van der Waals surface area contributed by atoms with Crippen LogP contribution in [0.25, 0.3) is 6.08 Å². The summed E-state index contributed by atoms with van der Waals surface area (Å²) in [7, 11) is 0. The smallest absolute Gasteiger partial charge is 0.325 e. The third kappa shape index (κ3) is 4.42. The second kappa shape index (κ2) is 7.59. The van der Waals surface area contributed by atoms with Crippen molar-refractivity contribution < 1.29 is 19.5 Å². The molecular weight excluding hydrogens is 348 g/mol. The van der Waals surface area contributed by atoms with Gasteiger partial charge in [-0.2, -0.15) is 0 Å². The molecule has 1 fully saturated rings. The largest absolute Gasteiger partial charge is 0.480 e. The molecule has 1 saturated heterocycles. The number of carbonyl (C=O) groups excluding carboxylic acids is 2. The van der Waals surface area contributed by atoms with E-state index in [1.807, 2.05) is 31.2 Å². The van der Waals surface area contributed by atoms with Crippen LogP contribution in [-0.2, 0) is 14.4 Å². The SMILES string of the molecule is Cc1ccc(/C=C2/SC(=S)N(CC(=O)NC(C)C(=O)O)C2=O)cc1. The van der Waals surface area contributed by atoms with Crippen LogP contribution in [0.4, 0.5) is 0 Å². The number of hydrogen-bond donors (Lipinski definition) is 2. The number of thiocarbonyl (C=S) groups is 1. The molecule has 2 N–H and O–H groups in total. The topological polar surface area (TPSA) is 86.7 Å². The minimum absolute atomic E-state index is 0.275. The molecule has 1 aliphatic rings. The van der Waals surface area contributed by atoms with Crippen LogP contribution in [0.1, 0.15) is 18.1 Å². The van der Waals surface area contributed by atoms with Crippen molar-refractivity contribution in [1.82, 2.24) is 10.2 Å². The molecule has 24 heavy (non-hydrogen) atoms. The van der Waals surface area contributed by atoms with Gasteiger partial charge in [0.15, 0.2) is 0 Å². The van der Waals surface area contributed by atoms with E-state index in [-0.39, 0.29) is 16.8 Å². The summed E-state index contributed by atoms with van der Waals surface area (Å²) < 4.78 is 0.275. The fraction of sp³-hybridized carbons (Fsp3) is 0.250. The lowest BCUT2D eigenvalue weighted by molar-refractivity contribution is -0.141. The molecule has 1 unspecified atom stereocenters. The van der Waals surface area contributed by atoms with Gasteiger partial charge in [-0.05, 0) is 25.5 Å². The summed E-state index contributed by atoms with van der Waals surface area (Å²) in [5, 5.41) is 11.1. The Bertz CT molecular complexity index is 728. The summed E-state index contributed by atoms with van der Waals surface area (Å²) in [6, 6.07) is 6.63. The van der Waals surface area contributed by atoms with Crippen molar-refractivity contribution in [2.45, 2.75) is 19.9 Å². The van der Waals surface area contributed by atoms with Crippen molar-refractivity contribution in [3.63, 3.8) is 0 Å². The van der Waals surface area contributed by atoms with Crippen LogP contribution in [0.3, 0.4) is 0 Å². The Hall–Kier alpha value is -2.19. The fourth-order valence-electron chi connectivity index (χ4n) is 1.94. The van der Waals surface area contributed by atoms with Gasteiger partial charge in [-0.1, -0.05) is 53.8 Å². The second-order valence-corrected chi connectivity index (χ2v) is 6.98. The summed E-state index contributed by atoms with van der Waals surface area (Å²) in [6.07, 6.45) is 1.72. The van der Waals surface area contributed by atoms with Gasteiger partial charge in [0.1, 0.15) is 16.9 Å². The quantitative estimate of drug-likeness (QED) is 0.612. The van der Waals surface area contributed by atoms with Gasteiger partial charge < -0.3 is 10.4 Å². The Kier molecular flexibility index (Phi) is 5.74. The van der Waals surface area contributed by atoms with Crippen LogP contribution in [0.5, 0.6) is 0 Å². The van der Waals surface area contributed by atoms with E-state index in [2.05, 4.69) is 5.32 Å². The van der Waals surface area contributed by atoms with Crippen LogP contribution in [0.15, 0.2) is 29.2 Å². The molecule has 1 aromatic rings. The first-order valence-corrected chi connectivity index (χ1v) is 8.34. The molecule has 126 valence electrons. The summed E-state index contributed by atoms with van der Waals surface area (Å²) >= 11 is 6.27. The minimum atomic E-state index is -1.15. The number of nitrogens with zero attached hydrogens (tertiary/aromatic N) is 1. The molecule has 6 nitrogen and oxygen atoms in total. The van der Waals surface area contributed by atoms with E-state index in [1.165, 1.54) is 11.8 Å². The maximum atomic E-state index is 12.4. The maximum Gasteiger partial charge on any atom is 0.325 e. The molecule has 1 atom stereocenters. The average Bonchev–Trinajstić information content (AvgIpc) is 2.77. The first-order valence-electron chi connectivity index (χ1n) is 7.12. The predicted octanol–water partition coefficient (Wildman–Crippen LogP) is 1.79. The molecule has 0 spiro atoms. The molecule has 0 aromatic heterocycles. The van der Waals surface area contributed by atoms with Crippen LogP contribution < -0.4 is 5.32 Å². The number of carboxylic acid groups (broad SMARTS) is 1. The van der Waals surface area contributed by atoms with Gasteiger partial charge in [0.05, 0.1) is 4.91 Å². The van der Waals surface area contributed by atoms with Gasteiger partial charge in [0, 0.05) is 0 Å². The van der Waals surface area contributed by atoms with Gasteiger partial charge in [-0.25, -0.2) is 0 Å². The molecule has 1 aromatic carbocycles. The van der Waals surface area contributed by atoms with E-state index >= 15 is 0 Å². The van der Waals surface area contributed by atoms with E-state index < -0.39 is 17.9 Å². The summed E-state index contributed by atoms with van der Waals surface area (Å²) in [5.41, 5.74) is 1.98. The highest BCUT2D eigenvalue weighted by molar-refractivity contribution is 8.26. The van der Waals surface area contributed by atoms with Gasteiger partial charge in [0.25, 0.3) is 5.91 Å². The van der Waals surface area contributed by atoms with E-state index in [1.54, 1.807) is 6.08 Å². The Labute approximate surface area is 148 Å². The van der Waals surface area contributed by atoms with Gasteiger partial charge in [-0.3, -0.25) is 19.3 Å². The summed E-state index contributed by atoms with van der Waals surface area (Å²) in [4.78, 5) is 36.6. The number of hydrogen-bond acceptors (Lipinski definition) is 5. The van der Waals surface area contributed by atoms with E-state index in [9.17, 15) is 14.4 Å². The molecule has 0 saturated carbocycles. The first-order chi connectivity index (χ1) is 11.3. The normalized spacial score (nSPS) is 17.2. The molecule has 1 heterocycles. The standard InChI is InChI=1S/C16H16N2O4S2/c1-9-3-5-11(6-4-9)7-12-14(20)18(16(23)24-12)8-13(19)17-10(2)15(21)22/h3-7,10H,8H2,1-2H3,(H,17,19)(H,21,22)/b12-7+. The third-order valence-corrected chi connectivity index (χ3v) is 4.68. The molecule has 8 heteroatoms. The lowest BCUT2D eigenvalue weighted by Crippen LogP contribution is -2.45. The summed E-state index contributed by atoms with van der Waals surface area (Å²) in [5.74, 6) is -2.07. The first kappa shape index (κ1) is 18.2. The zero-order chi connectivity index (χ0) is 17.9. The van der Waals surface area contributed by atoms with Gasteiger partial charge >= 0.3 is 5.97 Å². The highest BCUT2D eigenvalue weighted by atomic mass is 32.2. The van der Waals surface area contributed by atoms with Crippen molar-refractivity contribution in [1.29, 1.82) is 0 Å². The number of benzene rings is 1. The van der Waals surface area contributed by atoms with Crippen LogP contribution >= 0.6 is 24.0 Å². The van der Waals surface area contributed by atoms with Crippen LogP contribution in [0, 0.1) is 6.92 Å². The van der Waals surface area contributed by atoms with E-state index in [4.69, 9.17) is 17.3 Å². The highest BCUT2D eigenvalue weighted by Gasteiger charge is 2.33. The lowest BCUT2D eigenvalue weighted by atomic mass is 10.1. The van der Waals surface area contributed by atoms with Gasteiger partial charge in [0.2, 0.25) is 5.91 Å². The molecule has 0 aliphatic carbocycles. The van der Waals surface area contributed by atoms with Crippen molar-refractivity contribution in [3.05, 3.63) is 40.3 Å². The Morgan fingerprint density at radius 2 is 2.00 bits per heavy atom. The van der Waals surface area contributed by atoms with Gasteiger partial charge in [-0.15, -0.1) is 0 Å². The van der Waals surface area contributed by atoms with Crippen molar-refractivity contribution >= 4 is 52.2 Å². The number of carbonyl (C=O) groups is 3. The summed E-state index contributed by atoms with van der Waals surface area (Å²) in [6.45, 7) is 3.02. The molecule has 0 bridgehead atoms. The maximum absolute atomic E-state index is 12.4. The average molecular weight is 364 g/mol. The van der Waals surface area contributed by atoms with Crippen molar-refractivity contribution in [2.75, 3.05) is 6.54 Å². The Balaban J connectivity index is 2.07. The number of aryl methyl sites for hydroxylation is 1. The third-order valence-electron chi connectivity index (χ3n) is 3.30. The lowest BCUT2D eigenvalue weighted by Gasteiger charge is -2.15. The minimum Gasteiger partial charge on any atom is -0.480 e. The van der Waals surface area contributed by atoms with Crippen LogP contribution in [-0.4, -0.2) is 44.7 Å².